The molecule has 124 valence electrons. The van der Waals surface area contributed by atoms with Gasteiger partial charge in [0.2, 0.25) is 0 Å². The van der Waals surface area contributed by atoms with Crippen molar-refractivity contribution in [2.24, 2.45) is 0 Å². The summed E-state index contributed by atoms with van der Waals surface area (Å²) in [6.45, 7) is 7.93. The maximum absolute atomic E-state index is 5.34. The Hall–Kier alpha value is -1.95. The molecule has 6 nitrogen and oxygen atoms in total. The Labute approximate surface area is 137 Å². The number of aromatic nitrogens is 3. The molecule has 0 saturated carbocycles. The minimum absolute atomic E-state index is 0.163. The summed E-state index contributed by atoms with van der Waals surface area (Å²) in [5, 5.41) is 0. The Morgan fingerprint density at radius 1 is 1.26 bits per heavy atom. The highest BCUT2D eigenvalue weighted by Gasteiger charge is 2.41. The predicted octanol–water partition coefficient (Wildman–Crippen LogP) is 2.66. The Morgan fingerprint density at radius 3 is 2.70 bits per heavy atom. The van der Waals surface area contributed by atoms with E-state index in [-0.39, 0.29) is 5.54 Å². The fourth-order valence-corrected chi connectivity index (χ4v) is 3.22. The van der Waals surface area contributed by atoms with Gasteiger partial charge in [-0.25, -0.2) is 15.0 Å². The van der Waals surface area contributed by atoms with Crippen molar-refractivity contribution >= 4 is 5.82 Å². The largest absolute Gasteiger partial charge is 0.449 e. The van der Waals surface area contributed by atoms with Gasteiger partial charge >= 0.3 is 0 Å². The van der Waals surface area contributed by atoms with Crippen LogP contribution in [0.3, 0.4) is 0 Å². The zero-order valence-corrected chi connectivity index (χ0v) is 14.6. The fourth-order valence-electron chi connectivity index (χ4n) is 3.22. The van der Waals surface area contributed by atoms with Crippen molar-refractivity contribution in [3.05, 3.63) is 35.4 Å². The van der Waals surface area contributed by atoms with Crippen molar-refractivity contribution in [2.75, 3.05) is 25.5 Å². The van der Waals surface area contributed by atoms with Crippen LogP contribution in [0.1, 0.15) is 42.9 Å². The van der Waals surface area contributed by atoms with Gasteiger partial charge in [-0.05, 0) is 33.2 Å². The van der Waals surface area contributed by atoms with E-state index >= 15 is 0 Å². The van der Waals surface area contributed by atoms with Gasteiger partial charge in [-0.3, -0.25) is 4.90 Å². The molecular formula is C17H25N5O. The van der Waals surface area contributed by atoms with Crippen molar-refractivity contribution in [1.29, 1.82) is 0 Å². The van der Waals surface area contributed by atoms with E-state index < -0.39 is 0 Å². The van der Waals surface area contributed by atoms with Crippen molar-refractivity contribution in [3.63, 3.8) is 0 Å². The summed E-state index contributed by atoms with van der Waals surface area (Å²) in [4.78, 5) is 18.4. The SMILES string of the molecule is Cc1cc(N(C)C)nc(C2(C)CCCN2Cc2coc(C)n2)n1. The Bertz CT molecular complexity index is 696. The highest BCUT2D eigenvalue weighted by Crippen LogP contribution is 2.38. The van der Waals surface area contributed by atoms with E-state index in [0.29, 0.717) is 5.89 Å². The summed E-state index contributed by atoms with van der Waals surface area (Å²) in [7, 11) is 4.02. The molecule has 1 unspecified atom stereocenters. The van der Waals surface area contributed by atoms with Crippen molar-refractivity contribution in [2.45, 2.75) is 45.7 Å². The average Bonchev–Trinajstić information content (AvgIpc) is 3.06. The number of hydrogen-bond donors (Lipinski definition) is 0. The van der Waals surface area contributed by atoms with E-state index in [1.165, 1.54) is 0 Å². The smallest absolute Gasteiger partial charge is 0.191 e. The standard InChI is InChI=1S/C17H25N5O/c1-12-9-15(21(4)5)20-16(18-12)17(3)7-6-8-22(17)10-14-11-23-13(2)19-14/h9,11H,6-8,10H2,1-5H3. The lowest BCUT2D eigenvalue weighted by Gasteiger charge is -2.34. The third-order valence-corrected chi connectivity index (χ3v) is 4.59. The molecule has 2 aromatic rings. The van der Waals surface area contributed by atoms with Crippen LogP contribution in [-0.2, 0) is 12.1 Å². The van der Waals surface area contributed by atoms with Crippen LogP contribution in [0.4, 0.5) is 5.82 Å². The molecule has 0 bridgehead atoms. The van der Waals surface area contributed by atoms with E-state index in [1.807, 2.05) is 38.9 Å². The molecule has 3 rings (SSSR count). The van der Waals surface area contributed by atoms with Crippen LogP contribution in [0, 0.1) is 13.8 Å². The Balaban J connectivity index is 1.92. The van der Waals surface area contributed by atoms with Crippen molar-refractivity contribution < 1.29 is 4.42 Å². The lowest BCUT2D eigenvalue weighted by molar-refractivity contribution is 0.136. The lowest BCUT2D eigenvalue weighted by atomic mass is 9.97. The number of oxazole rings is 1. The monoisotopic (exact) mass is 315 g/mol. The number of anilines is 1. The quantitative estimate of drug-likeness (QED) is 0.864. The van der Waals surface area contributed by atoms with Gasteiger partial charge in [-0.1, -0.05) is 0 Å². The first-order valence-corrected chi connectivity index (χ1v) is 8.08. The molecule has 2 aromatic heterocycles. The Morgan fingerprint density at radius 2 is 2.04 bits per heavy atom. The summed E-state index contributed by atoms with van der Waals surface area (Å²) in [6.07, 6.45) is 3.94. The van der Waals surface area contributed by atoms with E-state index in [9.17, 15) is 0 Å². The second-order valence-corrected chi connectivity index (χ2v) is 6.74. The normalized spacial score (nSPS) is 21.8. The van der Waals surface area contributed by atoms with Crippen molar-refractivity contribution in [3.8, 4) is 0 Å². The number of rotatable bonds is 4. The van der Waals surface area contributed by atoms with Crippen LogP contribution in [0.25, 0.3) is 0 Å². The van der Waals surface area contributed by atoms with E-state index in [0.717, 1.165) is 49.0 Å². The number of likely N-dealkylation sites (tertiary alicyclic amines) is 1. The van der Waals surface area contributed by atoms with E-state index in [1.54, 1.807) is 6.26 Å². The molecule has 0 N–H and O–H groups in total. The topological polar surface area (TPSA) is 58.3 Å². The van der Waals surface area contributed by atoms with Crippen LogP contribution in [0.5, 0.6) is 0 Å². The number of nitrogens with zero attached hydrogens (tertiary/aromatic N) is 5. The average molecular weight is 315 g/mol. The number of aryl methyl sites for hydroxylation is 2. The molecule has 0 aliphatic carbocycles. The molecule has 0 amide bonds. The molecule has 1 aliphatic heterocycles. The molecular weight excluding hydrogens is 290 g/mol. The molecule has 3 heterocycles. The summed E-state index contributed by atoms with van der Waals surface area (Å²) in [6, 6.07) is 2.02. The van der Waals surface area contributed by atoms with Crippen LogP contribution in [0.2, 0.25) is 0 Å². The first kappa shape index (κ1) is 15.9. The van der Waals surface area contributed by atoms with Crippen LogP contribution in [0.15, 0.2) is 16.7 Å². The van der Waals surface area contributed by atoms with E-state index in [4.69, 9.17) is 14.4 Å². The van der Waals surface area contributed by atoms with Gasteiger partial charge in [0.15, 0.2) is 11.7 Å². The molecule has 1 fully saturated rings. The highest BCUT2D eigenvalue weighted by atomic mass is 16.3. The van der Waals surface area contributed by atoms with Crippen molar-refractivity contribution in [1.82, 2.24) is 19.9 Å². The number of hydrogen-bond acceptors (Lipinski definition) is 6. The van der Waals surface area contributed by atoms with Gasteiger partial charge in [-0.2, -0.15) is 0 Å². The van der Waals surface area contributed by atoms with Gasteiger partial charge in [-0.15, -0.1) is 0 Å². The maximum atomic E-state index is 5.34. The van der Waals surface area contributed by atoms with Crippen LogP contribution >= 0.6 is 0 Å². The zero-order valence-electron chi connectivity index (χ0n) is 14.6. The summed E-state index contributed by atoms with van der Waals surface area (Å²) >= 11 is 0. The van der Waals surface area contributed by atoms with Crippen LogP contribution in [-0.4, -0.2) is 40.5 Å². The predicted molar refractivity (Wildman–Crippen MR) is 89.3 cm³/mol. The summed E-state index contributed by atoms with van der Waals surface area (Å²) in [5.74, 6) is 2.57. The minimum Gasteiger partial charge on any atom is -0.449 e. The summed E-state index contributed by atoms with van der Waals surface area (Å²) in [5.41, 5.74) is 1.81. The molecule has 0 aromatic carbocycles. The molecule has 1 atom stereocenters. The highest BCUT2D eigenvalue weighted by molar-refractivity contribution is 5.38. The lowest BCUT2D eigenvalue weighted by Crippen LogP contribution is -2.40. The third kappa shape index (κ3) is 3.08. The molecule has 23 heavy (non-hydrogen) atoms. The first-order chi connectivity index (χ1) is 10.9. The molecule has 0 spiro atoms. The molecule has 6 heteroatoms. The first-order valence-electron chi connectivity index (χ1n) is 8.08. The maximum Gasteiger partial charge on any atom is 0.191 e. The minimum atomic E-state index is -0.163. The van der Waals surface area contributed by atoms with Gasteiger partial charge < -0.3 is 9.32 Å². The fraction of sp³-hybridized carbons (Fsp3) is 0.588. The Kier molecular flexibility index (Phi) is 4.10. The molecule has 1 saturated heterocycles. The van der Waals surface area contributed by atoms with Gasteiger partial charge in [0, 0.05) is 39.3 Å². The zero-order chi connectivity index (χ0) is 16.6. The van der Waals surface area contributed by atoms with Gasteiger partial charge in [0.25, 0.3) is 0 Å². The second-order valence-electron chi connectivity index (χ2n) is 6.74. The molecule has 1 aliphatic rings. The van der Waals surface area contributed by atoms with E-state index in [2.05, 4.69) is 16.8 Å². The molecule has 0 radical (unpaired) electrons. The second kappa shape index (κ2) is 5.92. The van der Waals surface area contributed by atoms with Gasteiger partial charge in [0.05, 0.1) is 11.2 Å². The third-order valence-electron chi connectivity index (χ3n) is 4.59. The van der Waals surface area contributed by atoms with Crippen LogP contribution < -0.4 is 4.90 Å². The summed E-state index contributed by atoms with van der Waals surface area (Å²) < 4.78 is 5.34. The van der Waals surface area contributed by atoms with Gasteiger partial charge in [0.1, 0.15) is 12.1 Å².